The molecule has 3 rings (SSSR count). The van der Waals surface area contributed by atoms with E-state index in [0.717, 1.165) is 16.9 Å². The molecule has 2 heterocycles. The number of fused-ring (bicyclic) bond motifs is 1. The van der Waals surface area contributed by atoms with Gasteiger partial charge in [-0.2, -0.15) is 4.98 Å². The van der Waals surface area contributed by atoms with Crippen molar-refractivity contribution in [3.63, 3.8) is 0 Å². The lowest BCUT2D eigenvalue weighted by atomic mass is 9.87. The fourth-order valence-electron chi connectivity index (χ4n) is 2.08. The summed E-state index contributed by atoms with van der Waals surface area (Å²) in [5.41, 5.74) is 7.93. The van der Waals surface area contributed by atoms with Crippen molar-refractivity contribution in [3.8, 4) is 0 Å². The number of hydrogen-bond acceptors (Lipinski definition) is 5. The molecule has 0 amide bonds. The number of para-hydroxylation sites is 2. The SMILES string of the molecule is CC(C)(C)C(N)c1nc(Cc2nc3ccccc3[nH]2)no1. The van der Waals surface area contributed by atoms with Crippen LogP contribution in [-0.2, 0) is 6.42 Å². The molecular weight excluding hydrogens is 266 g/mol. The summed E-state index contributed by atoms with van der Waals surface area (Å²) < 4.78 is 5.27. The molecule has 6 nitrogen and oxygen atoms in total. The number of imidazole rings is 1. The normalized spacial score (nSPS) is 13.7. The molecule has 1 aromatic carbocycles. The van der Waals surface area contributed by atoms with Gasteiger partial charge in [0.1, 0.15) is 5.82 Å². The Labute approximate surface area is 122 Å². The van der Waals surface area contributed by atoms with E-state index in [2.05, 4.69) is 20.1 Å². The molecule has 0 saturated heterocycles. The van der Waals surface area contributed by atoms with Crippen LogP contribution in [0.25, 0.3) is 11.0 Å². The Morgan fingerprint density at radius 3 is 2.71 bits per heavy atom. The summed E-state index contributed by atoms with van der Waals surface area (Å²) in [7, 11) is 0. The highest BCUT2D eigenvalue weighted by Gasteiger charge is 2.27. The van der Waals surface area contributed by atoms with Gasteiger partial charge in [0.15, 0.2) is 5.82 Å². The second-order valence-corrected chi connectivity index (χ2v) is 6.27. The molecule has 3 aromatic rings. The Morgan fingerprint density at radius 2 is 2.00 bits per heavy atom. The first kappa shape index (κ1) is 13.8. The fourth-order valence-corrected chi connectivity index (χ4v) is 2.08. The van der Waals surface area contributed by atoms with Crippen molar-refractivity contribution in [3.05, 3.63) is 41.8 Å². The number of nitrogens with two attached hydrogens (primary N) is 1. The van der Waals surface area contributed by atoms with Gasteiger partial charge in [0.2, 0.25) is 5.89 Å². The Hall–Kier alpha value is -2.21. The predicted octanol–water partition coefficient (Wildman–Crippen LogP) is 2.58. The van der Waals surface area contributed by atoms with Crippen LogP contribution in [-0.4, -0.2) is 20.1 Å². The minimum atomic E-state index is -0.283. The van der Waals surface area contributed by atoms with Crippen molar-refractivity contribution in [1.82, 2.24) is 20.1 Å². The summed E-state index contributed by atoms with van der Waals surface area (Å²) in [5, 5.41) is 3.99. The number of aromatic nitrogens is 4. The van der Waals surface area contributed by atoms with Crippen LogP contribution < -0.4 is 5.73 Å². The topological polar surface area (TPSA) is 93.6 Å². The second kappa shape index (κ2) is 4.96. The van der Waals surface area contributed by atoms with Crippen LogP contribution in [0.3, 0.4) is 0 Å². The zero-order valence-electron chi connectivity index (χ0n) is 12.4. The zero-order valence-corrected chi connectivity index (χ0v) is 12.4. The van der Waals surface area contributed by atoms with Crippen molar-refractivity contribution in [2.45, 2.75) is 33.2 Å². The monoisotopic (exact) mass is 285 g/mol. The van der Waals surface area contributed by atoms with Gasteiger partial charge >= 0.3 is 0 Å². The highest BCUT2D eigenvalue weighted by molar-refractivity contribution is 5.74. The summed E-state index contributed by atoms with van der Waals surface area (Å²) in [6, 6.07) is 7.60. The number of H-pyrrole nitrogens is 1. The number of nitrogens with zero attached hydrogens (tertiary/aromatic N) is 3. The first-order chi connectivity index (χ1) is 9.93. The largest absolute Gasteiger partial charge is 0.342 e. The van der Waals surface area contributed by atoms with Gasteiger partial charge in [0.25, 0.3) is 0 Å². The highest BCUT2D eigenvalue weighted by atomic mass is 16.5. The number of benzene rings is 1. The van der Waals surface area contributed by atoms with E-state index in [9.17, 15) is 0 Å². The quantitative estimate of drug-likeness (QED) is 0.771. The lowest BCUT2D eigenvalue weighted by Gasteiger charge is -2.23. The molecule has 0 aliphatic carbocycles. The number of aromatic amines is 1. The predicted molar refractivity (Wildman–Crippen MR) is 79.6 cm³/mol. The van der Waals surface area contributed by atoms with Crippen LogP contribution in [0.2, 0.25) is 0 Å². The van der Waals surface area contributed by atoms with Crippen LogP contribution in [0.5, 0.6) is 0 Å². The number of nitrogens with one attached hydrogen (secondary N) is 1. The minimum Gasteiger partial charge on any atom is -0.342 e. The molecule has 0 saturated carbocycles. The molecule has 3 N–H and O–H groups in total. The maximum atomic E-state index is 6.12. The van der Waals surface area contributed by atoms with Crippen LogP contribution >= 0.6 is 0 Å². The van der Waals surface area contributed by atoms with E-state index >= 15 is 0 Å². The Balaban J connectivity index is 1.81. The molecule has 6 heteroatoms. The van der Waals surface area contributed by atoms with Gasteiger partial charge in [0, 0.05) is 0 Å². The molecular formula is C15H19N5O. The van der Waals surface area contributed by atoms with E-state index in [-0.39, 0.29) is 11.5 Å². The molecule has 0 spiro atoms. The molecule has 0 fully saturated rings. The summed E-state index contributed by atoms with van der Waals surface area (Å²) >= 11 is 0. The van der Waals surface area contributed by atoms with E-state index < -0.39 is 0 Å². The average Bonchev–Trinajstić information content (AvgIpc) is 3.03. The minimum absolute atomic E-state index is 0.122. The highest BCUT2D eigenvalue weighted by Crippen LogP contribution is 2.29. The Morgan fingerprint density at radius 1 is 1.24 bits per heavy atom. The summed E-state index contributed by atoms with van der Waals surface area (Å²) in [5.74, 6) is 1.87. The van der Waals surface area contributed by atoms with Gasteiger partial charge in [-0.1, -0.05) is 38.1 Å². The third kappa shape index (κ3) is 2.80. The third-order valence-corrected chi connectivity index (χ3v) is 3.45. The van der Waals surface area contributed by atoms with Gasteiger partial charge in [-0.15, -0.1) is 0 Å². The lowest BCUT2D eigenvalue weighted by molar-refractivity contribution is 0.252. The van der Waals surface area contributed by atoms with Crippen LogP contribution in [0.4, 0.5) is 0 Å². The van der Waals surface area contributed by atoms with Gasteiger partial charge in [-0.3, -0.25) is 0 Å². The maximum absolute atomic E-state index is 6.12. The summed E-state index contributed by atoms with van der Waals surface area (Å²) in [6.07, 6.45) is 0.495. The molecule has 0 aliphatic rings. The first-order valence-corrected chi connectivity index (χ1v) is 6.95. The molecule has 1 atom stereocenters. The first-order valence-electron chi connectivity index (χ1n) is 6.95. The standard InChI is InChI=1S/C15H19N5O/c1-15(2,3)13(16)14-19-12(20-21-14)8-11-17-9-6-4-5-7-10(9)18-11/h4-7,13H,8,16H2,1-3H3,(H,17,18). The molecule has 21 heavy (non-hydrogen) atoms. The van der Waals surface area contributed by atoms with Crippen molar-refractivity contribution in [2.75, 3.05) is 0 Å². The van der Waals surface area contributed by atoms with Gasteiger partial charge in [-0.25, -0.2) is 4.98 Å². The van der Waals surface area contributed by atoms with E-state index in [1.807, 2.05) is 45.0 Å². The van der Waals surface area contributed by atoms with E-state index in [1.165, 1.54) is 0 Å². The maximum Gasteiger partial charge on any atom is 0.244 e. The zero-order chi connectivity index (χ0) is 15.0. The van der Waals surface area contributed by atoms with Gasteiger partial charge in [-0.05, 0) is 17.5 Å². The summed E-state index contributed by atoms with van der Waals surface area (Å²) in [4.78, 5) is 12.1. The Kier molecular flexibility index (Phi) is 3.25. The van der Waals surface area contributed by atoms with Gasteiger partial charge < -0.3 is 15.2 Å². The van der Waals surface area contributed by atoms with Crippen molar-refractivity contribution in [1.29, 1.82) is 0 Å². The van der Waals surface area contributed by atoms with Crippen LogP contribution in [0.1, 0.15) is 44.4 Å². The summed E-state index contributed by atoms with van der Waals surface area (Å²) in [6.45, 7) is 6.13. The van der Waals surface area contributed by atoms with E-state index in [1.54, 1.807) is 0 Å². The number of hydrogen-bond donors (Lipinski definition) is 2. The molecule has 0 radical (unpaired) electrons. The number of rotatable bonds is 3. The molecule has 0 bridgehead atoms. The third-order valence-electron chi connectivity index (χ3n) is 3.45. The van der Waals surface area contributed by atoms with Crippen LogP contribution in [0, 0.1) is 5.41 Å². The fraction of sp³-hybridized carbons (Fsp3) is 0.400. The molecule has 110 valence electrons. The molecule has 1 unspecified atom stereocenters. The lowest BCUT2D eigenvalue weighted by Crippen LogP contribution is -2.26. The van der Waals surface area contributed by atoms with E-state index in [4.69, 9.17) is 10.3 Å². The Bertz CT molecular complexity index is 720. The second-order valence-electron chi connectivity index (χ2n) is 6.27. The smallest absolute Gasteiger partial charge is 0.244 e. The van der Waals surface area contributed by atoms with E-state index in [0.29, 0.717) is 18.1 Å². The van der Waals surface area contributed by atoms with Crippen molar-refractivity contribution < 1.29 is 4.52 Å². The van der Waals surface area contributed by atoms with Crippen molar-refractivity contribution in [2.24, 2.45) is 11.1 Å². The molecule has 0 aliphatic heterocycles. The van der Waals surface area contributed by atoms with Gasteiger partial charge in [0.05, 0.1) is 23.5 Å². The van der Waals surface area contributed by atoms with Crippen LogP contribution in [0.15, 0.2) is 28.8 Å². The van der Waals surface area contributed by atoms with Crippen molar-refractivity contribution >= 4 is 11.0 Å². The average molecular weight is 285 g/mol. The molecule has 2 aromatic heterocycles.